The van der Waals surface area contributed by atoms with E-state index >= 15 is 0 Å². The van der Waals surface area contributed by atoms with E-state index in [9.17, 15) is 4.79 Å². The first-order chi connectivity index (χ1) is 13.6. The molecule has 6 heteroatoms. The lowest BCUT2D eigenvalue weighted by Crippen LogP contribution is -2.41. The summed E-state index contributed by atoms with van der Waals surface area (Å²) in [6.07, 6.45) is 3.60. The van der Waals surface area contributed by atoms with Crippen molar-refractivity contribution >= 4 is 28.5 Å². The SMILES string of the molecule is O=C(NCCc1c[nH]c2cc(Cl)ccc12)N1CCC2(C1)OCc1ccccc12. The van der Waals surface area contributed by atoms with Gasteiger partial charge in [0.2, 0.25) is 0 Å². The number of fused-ring (bicyclic) bond motifs is 3. The predicted octanol–water partition coefficient (Wildman–Crippen LogP) is 4.20. The van der Waals surface area contributed by atoms with E-state index in [1.165, 1.54) is 16.7 Å². The highest BCUT2D eigenvalue weighted by Crippen LogP contribution is 2.43. The van der Waals surface area contributed by atoms with Gasteiger partial charge in [-0.1, -0.05) is 41.9 Å². The monoisotopic (exact) mass is 395 g/mol. The van der Waals surface area contributed by atoms with Crippen LogP contribution in [0, 0.1) is 0 Å². The fourth-order valence-electron chi connectivity index (χ4n) is 4.46. The van der Waals surface area contributed by atoms with Crippen LogP contribution in [0.1, 0.15) is 23.1 Å². The van der Waals surface area contributed by atoms with E-state index in [4.69, 9.17) is 16.3 Å². The molecule has 2 N–H and O–H groups in total. The van der Waals surface area contributed by atoms with Gasteiger partial charge in [-0.05, 0) is 35.2 Å². The average molecular weight is 396 g/mol. The third-order valence-corrected chi connectivity index (χ3v) is 6.17. The summed E-state index contributed by atoms with van der Waals surface area (Å²) in [7, 11) is 0. The first-order valence-corrected chi connectivity index (χ1v) is 10.0. The van der Waals surface area contributed by atoms with Gasteiger partial charge in [0, 0.05) is 41.6 Å². The number of hydrogen-bond donors (Lipinski definition) is 2. The Kier molecular flexibility index (Phi) is 4.29. The maximum Gasteiger partial charge on any atom is 0.317 e. The molecule has 3 heterocycles. The summed E-state index contributed by atoms with van der Waals surface area (Å²) >= 11 is 6.04. The Hall–Kier alpha value is -2.50. The molecule has 1 atom stereocenters. The van der Waals surface area contributed by atoms with Gasteiger partial charge in [-0.25, -0.2) is 4.79 Å². The average Bonchev–Trinajstić information content (AvgIpc) is 3.41. The minimum atomic E-state index is -0.329. The number of urea groups is 1. The minimum absolute atomic E-state index is 0.0206. The highest BCUT2D eigenvalue weighted by molar-refractivity contribution is 6.31. The molecule has 5 nitrogen and oxygen atoms in total. The van der Waals surface area contributed by atoms with Crippen LogP contribution in [-0.2, 0) is 23.4 Å². The van der Waals surface area contributed by atoms with Crippen molar-refractivity contribution in [1.29, 1.82) is 0 Å². The molecule has 28 heavy (non-hydrogen) atoms. The van der Waals surface area contributed by atoms with Crippen molar-refractivity contribution in [1.82, 2.24) is 15.2 Å². The van der Waals surface area contributed by atoms with Crippen molar-refractivity contribution in [2.24, 2.45) is 0 Å². The molecule has 0 radical (unpaired) electrons. The highest BCUT2D eigenvalue weighted by Gasteiger charge is 2.46. The molecule has 0 saturated carbocycles. The molecule has 1 fully saturated rings. The summed E-state index contributed by atoms with van der Waals surface area (Å²) in [5, 5.41) is 4.92. The third-order valence-electron chi connectivity index (χ3n) is 5.93. The molecule has 144 valence electrons. The Balaban J connectivity index is 1.20. The third kappa shape index (κ3) is 2.95. The number of benzene rings is 2. The summed E-state index contributed by atoms with van der Waals surface area (Å²) in [5.41, 5.74) is 4.35. The molecule has 1 unspecified atom stereocenters. The van der Waals surface area contributed by atoms with Gasteiger partial charge in [0.05, 0.1) is 13.2 Å². The zero-order chi connectivity index (χ0) is 19.1. The Morgan fingerprint density at radius 3 is 3.11 bits per heavy atom. The molecule has 1 spiro atoms. The van der Waals surface area contributed by atoms with Crippen molar-refractivity contribution in [3.63, 3.8) is 0 Å². The first kappa shape index (κ1) is 17.6. The molecule has 2 aliphatic rings. The van der Waals surface area contributed by atoms with E-state index < -0.39 is 0 Å². The van der Waals surface area contributed by atoms with Crippen molar-refractivity contribution in [2.75, 3.05) is 19.6 Å². The second-order valence-electron chi connectivity index (χ2n) is 7.60. The number of carbonyl (C=O) groups excluding carboxylic acids is 1. The van der Waals surface area contributed by atoms with Gasteiger partial charge >= 0.3 is 6.03 Å². The van der Waals surface area contributed by atoms with Crippen molar-refractivity contribution in [3.8, 4) is 0 Å². The number of halogens is 1. The second-order valence-corrected chi connectivity index (χ2v) is 8.03. The fraction of sp³-hybridized carbons (Fsp3) is 0.318. The number of hydrogen-bond acceptors (Lipinski definition) is 2. The summed E-state index contributed by atoms with van der Waals surface area (Å²) in [6.45, 7) is 2.55. The van der Waals surface area contributed by atoms with Crippen LogP contribution in [0.25, 0.3) is 10.9 Å². The molecule has 3 aromatic rings. The van der Waals surface area contributed by atoms with Crippen LogP contribution in [0.15, 0.2) is 48.7 Å². The van der Waals surface area contributed by atoms with Crippen LogP contribution in [0.2, 0.25) is 5.02 Å². The number of aromatic nitrogens is 1. The molecule has 2 amide bonds. The zero-order valence-electron chi connectivity index (χ0n) is 15.5. The molecule has 1 aromatic heterocycles. The number of H-pyrrole nitrogens is 1. The van der Waals surface area contributed by atoms with Gasteiger partial charge in [0.25, 0.3) is 0 Å². The topological polar surface area (TPSA) is 57.4 Å². The van der Waals surface area contributed by atoms with Crippen molar-refractivity contribution < 1.29 is 9.53 Å². The van der Waals surface area contributed by atoms with Gasteiger partial charge in [-0.3, -0.25) is 0 Å². The van der Waals surface area contributed by atoms with Crippen molar-refractivity contribution in [2.45, 2.75) is 25.0 Å². The van der Waals surface area contributed by atoms with Crippen LogP contribution in [-0.4, -0.2) is 35.5 Å². The van der Waals surface area contributed by atoms with Gasteiger partial charge in [0.15, 0.2) is 0 Å². The molecule has 1 saturated heterocycles. The number of ether oxygens (including phenoxy) is 1. The van der Waals surface area contributed by atoms with E-state index in [1.54, 1.807) is 0 Å². The van der Waals surface area contributed by atoms with Crippen LogP contribution in [0.3, 0.4) is 0 Å². The lowest BCUT2D eigenvalue weighted by Gasteiger charge is -2.25. The maximum atomic E-state index is 12.7. The number of likely N-dealkylation sites (tertiary alicyclic amines) is 1. The van der Waals surface area contributed by atoms with Crippen LogP contribution in [0.4, 0.5) is 4.79 Å². The summed E-state index contributed by atoms with van der Waals surface area (Å²) < 4.78 is 6.14. The Bertz CT molecular complexity index is 1050. The molecular formula is C22H22ClN3O2. The predicted molar refractivity (Wildman–Crippen MR) is 110 cm³/mol. The number of nitrogens with zero attached hydrogens (tertiary/aromatic N) is 1. The van der Waals surface area contributed by atoms with E-state index in [0.717, 1.165) is 23.7 Å². The smallest absolute Gasteiger partial charge is 0.317 e. The highest BCUT2D eigenvalue weighted by atomic mass is 35.5. The van der Waals surface area contributed by atoms with Crippen LogP contribution < -0.4 is 5.32 Å². The van der Waals surface area contributed by atoms with Crippen LogP contribution in [0.5, 0.6) is 0 Å². The number of nitrogens with one attached hydrogen (secondary N) is 2. The van der Waals surface area contributed by atoms with Crippen LogP contribution >= 0.6 is 11.6 Å². The molecular weight excluding hydrogens is 374 g/mol. The fourth-order valence-corrected chi connectivity index (χ4v) is 4.63. The molecule has 5 rings (SSSR count). The maximum absolute atomic E-state index is 12.7. The lowest BCUT2D eigenvalue weighted by atomic mass is 9.92. The number of rotatable bonds is 3. The molecule has 2 aliphatic heterocycles. The van der Waals surface area contributed by atoms with E-state index in [1.807, 2.05) is 41.4 Å². The number of carbonyl (C=O) groups is 1. The lowest BCUT2D eigenvalue weighted by molar-refractivity contribution is -0.0272. The van der Waals surface area contributed by atoms with E-state index in [0.29, 0.717) is 31.3 Å². The van der Waals surface area contributed by atoms with Gasteiger partial charge in [0.1, 0.15) is 5.60 Å². The summed E-state index contributed by atoms with van der Waals surface area (Å²) in [6, 6.07) is 14.1. The van der Waals surface area contributed by atoms with E-state index in [-0.39, 0.29) is 11.6 Å². The van der Waals surface area contributed by atoms with Crippen molar-refractivity contribution in [3.05, 3.63) is 70.4 Å². The number of amides is 2. The Morgan fingerprint density at radius 1 is 1.29 bits per heavy atom. The van der Waals surface area contributed by atoms with Gasteiger partial charge < -0.3 is 19.9 Å². The molecule has 0 bridgehead atoms. The quantitative estimate of drug-likeness (QED) is 0.698. The largest absolute Gasteiger partial charge is 0.364 e. The molecule has 2 aromatic carbocycles. The zero-order valence-corrected chi connectivity index (χ0v) is 16.3. The first-order valence-electron chi connectivity index (χ1n) is 9.65. The Labute approximate surface area is 168 Å². The standard InChI is InChI=1S/C22H22ClN3O2/c23-17-5-6-18-15(12-25-20(18)11-17)7-9-24-21(27)26-10-8-22(14-26)19-4-2-1-3-16(19)13-28-22/h1-6,11-12,25H,7-10,13-14H2,(H,24,27). The van der Waals surface area contributed by atoms with Gasteiger partial charge in [-0.2, -0.15) is 0 Å². The molecule has 0 aliphatic carbocycles. The normalized spacial score (nSPS) is 20.8. The minimum Gasteiger partial charge on any atom is -0.364 e. The summed E-state index contributed by atoms with van der Waals surface area (Å²) in [5.74, 6) is 0. The van der Waals surface area contributed by atoms with Gasteiger partial charge in [-0.15, -0.1) is 0 Å². The Morgan fingerprint density at radius 2 is 2.18 bits per heavy atom. The second kappa shape index (κ2) is 6.83. The number of aromatic amines is 1. The summed E-state index contributed by atoms with van der Waals surface area (Å²) in [4.78, 5) is 17.8. The van der Waals surface area contributed by atoms with E-state index in [2.05, 4.69) is 22.4 Å².